The predicted molar refractivity (Wildman–Crippen MR) is 69.3 cm³/mol. The molecule has 7 heteroatoms. The monoisotopic (exact) mass is 295 g/mol. The maximum absolute atomic E-state index is 12.3. The number of aromatic nitrogens is 2. The molecule has 1 rings (SSSR count). The van der Waals surface area contributed by atoms with Gasteiger partial charge in [-0.3, -0.25) is 0 Å². The van der Waals surface area contributed by atoms with Gasteiger partial charge in [-0.25, -0.2) is 0 Å². The summed E-state index contributed by atoms with van der Waals surface area (Å²) in [6, 6.07) is 2.21. The lowest BCUT2D eigenvalue weighted by molar-refractivity contribution is -0.141. The van der Waals surface area contributed by atoms with Gasteiger partial charge in [-0.05, 0) is 30.9 Å². The van der Waals surface area contributed by atoms with Crippen LogP contribution in [0.3, 0.4) is 0 Å². The Labute approximate surface area is 115 Å². The average molecular weight is 296 g/mol. The smallest absolute Gasteiger partial charge is 0.368 e. The van der Waals surface area contributed by atoms with E-state index in [1.165, 1.54) is 6.07 Å². The van der Waals surface area contributed by atoms with E-state index < -0.39 is 11.9 Å². The number of anilines is 1. The molecule has 0 aliphatic heterocycles. The predicted octanol–water partition coefficient (Wildman–Crippen LogP) is 3.95. The summed E-state index contributed by atoms with van der Waals surface area (Å²) in [6.07, 6.45) is -1.51. The fourth-order valence-corrected chi connectivity index (χ4v) is 2.05. The molecule has 0 saturated heterocycles. The van der Waals surface area contributed by atoms with Crippen LogP contribution in [0.25, 0.3) is 0 Å². The largest absolute Gasteiger partial charge is 0.435 e. The summed E-state index contributed by atoms with van der Waals surface area (Å²) in [4.78, 5) is 0. The number of rotatable bonds is 7. The van der Waals surface area contributed by atoms with E-state index in [9.17, 15) is 13.2 Å². The molecule has 1 atom stereocenters. The van der Waals surface area contributed by atoms with Gasteiger partial charge in [0, 0.05) is 12.4 Å². The van der Waals surface area contributed by atoms with Crippen molar-refractivity contribution < 1.29 is 13.2 Å². The average Bonchev–Trinajstić information content (AvgIpc) is 2.36. The van der Waals surface area contributed by atoms with Crippen molar-refractivity contribution in [2.45, 2.75) is 32.4 Å². The van der Waals surface area contributed by atoms with Gasteiger partial charge in [0.15, 0.2) is 5.69 Å². The second kappa shape index (κ2) is 7.53. The van der Waals surface area contributed by atoms with E-state index >= 15 is 0 Å². The minimum Gasteiger partial charge on any atom is -0.368 e. The van der Waals surface area contributed by atoms with Crippen molar-refractivity contribution >= 4 is 17.4 Å². The second-order valence-electron chi connectivity index (χ2n) is 4.31. The lowest BCUT2D eigenvalue weighted by Crippen LogP contribution is -2.16. The van der Waals surface area contributed by atoms with Gasteiger partial charge < -0.3 is 5.32 Å². The molecule has 0 aliphatic carbocycles. The Balaban J connectivity index is 2.53. The summed E-state index contributed by atoms with van der Waals surface area (Å²) in [5, 5.41) is 9.67. The van der Waals surface area contributed by atoms with Gasteiger partial charge >= 0.3 is 6.18 Å². The first-order valence-electron chi connectivity index (χ1n) is 6.18. The zero-order chi connectivity index (χ0) is 14.3. The van der Waals surface area contributed by atoms with Crippen LogP contribution >= 0.6 is 11.6 Å². The highest BCUT2D eigenvalue weighted by atomic mass is 35.5. The standard InChI is InChI=1S/C12H17ClF3N3/c1-2-3-9(6-7-13)8-17-11-5-4-10(18-19-11)12(14,15)16/h4-5,9H,2-3,6-8H2,1H3,(H,17,19). The first kappa shape index (κ1) is 16.0. The molecular weight excluding hydrogens is 279 g/mol. The van der Waals surface area contributed by atoms with Gasteiger partial charge in [0.2, 0.25) is 0 Å². The lowest BCUT2D eigenvalue weighted by atomic mass is 10.0. The van der Waals surface area contributed by atoms with Gasteiger partial charge in [-0.15, -0.1) is 21.8 Å². The molecule has 108 valence electrons. The van der Waals surface area contributed by atoms with Crippen molar-refractivity contribution in [1.29, 1.82) is 0 Å². The van der Waals surface area contributed by atoms with Crippen LogP contribution in [0.5, 0.6) is 0 Å². The fraction of sp³-hybridized carbons (Fsp3) is 0.667. The molecule has 0 saturated carbocycles. The summed E-state index contributed by atoms with van der Waals surface area (Å²) in [5.41, 5.74) is -0.982. The highest BCUT2D eigenvalue weighted by Crippen LogP contribution is 2.27. The Hall–Kier alpha value is -1.04. The van der Waals surface area contributed by atoms with Crippen molar-refractivity contribution in [2.24, 2.45) is 5.92 Å². The normalized spacial score (nSPS) is 13.3. The van der Waals surface area contributed by atoms with Crippen LogP contribution in [0.2, 0.25) is 0 Å². The summed E-state index contributed by atoms with van der Waals surface area (Å²) in [6.45, 7) is 2.72. The van der Waals surface area contributed by atoms with Crippen LogP contribution in [0.1, 0.15) is 31.9 Å². The number of hydrogen-bond donors (Lipinski definition) is 1. The molecule has 0 spiro atoms. The zero-order valence-corrected chi connectivity index (χ0v) is 11.4. The van der Waals surface area contributed by atoms with E-state index in [0.717, 1.165) is 25.3 Å². The minimum atomic E-state index is -4.45. The van der Waals surface area contributed by atoms with E-state index in [1.54, 1.807) is 0 Å². The molecule has 19 heavy (non-hydrogen) atoms. The Morgan fingerprint density at radius 1 is 1.26 bits per heavy atom. The summed E-state index contributed by atoms with van der Waals surface area (Å²) in [5.74, 6) is 1.32. The Morgan fingerprint density at radius 3 is 2.47 bits per heavy atom. The summed E-state index contributed by atoms with van der Waals surface area (Å²) < 4.78 is 36.9. The molecule has 0 aliphatic rings. The second-order valence-corrected chi connectivity index (χ2v) is 4.69. The van der Waals surface area contributed by atoms with Gasteiger partial charge in [-0.1, -0.05) is 13.3 Å². The zero-order valence-electron chi connectivity index (χ0n) is 10.7. The summed E-state index contributed by atoms with van der Waals surface area (Å²) in [7, 11) is 0. The van der Waals surface area contributed by atoms with Crippen LogP contribution in [0, 0.1) is 5.92 Å². The van der Waals surface area contributed by atoms with E-state index in [2.05, 4.69) is 22.4 Å². The molecule has 1 unspecified atom stereocenters. The van der Waals surface area contributed by atoms with E-state index in [0.29, 0.717) is 24.2 Å². The topological polar surface area (TPSA) is 37.8 Å². The first-order valence-corrected chi connectivity index (χ1v) is 6.71. The Bertz CT molecular complexity index is 361. The number of nitrogens with zero attached hydrogens (tertiary/aromatic N) is 2. The molecule has 0 aromatic carbocycles. The van der Waals surface area contributed by atoms with Crippen LogP contribution in [-0.2, 0) is 6.18 Å². The Morgan fingerprint density at radius 2 is 2.00 bits per heavy atom. The molecular formula is C12H17ClF3N3. The lowest BCUT2D eigenvalue weighted by Gasteiger charge is -2.15. The van der Waals surface area contributed by atoms with Crippen molar-refractivity contribution in [3.63, 3.8) is 0 Å². The molecule has 1 heterocycles. The molecule has 1 aromatic rings. The fourth-order valence-electron chi connectivity index (χ4n) is 1.74. The van der Waals surface area contributed by atoms with Crippen LogP contribution in [0.15, 0.2) is 12.1 Å². The Kier molecular flexibility index (Phi) is 6.34. The molecule has 0 fully saturated rings. The number of halogens is 4. The molecule has 0 radical (unpaired) electrons. The van der Waals surface area contributed by atoms with Crippen LogP contribution in [0.4, 0.5) is 19.0 Å². The maximum atomic E-state index is 12.3. The number of alkyl halides is 4. The first-order chi connectivity index (χ1) is 8.97. The van der Waals surface area contributed by atoms with E-state index in [4.69, 9.17) is 11.6 Å². The third-order valence-electron chi connectivity index (χ3n) is 2.74. The SMILES string of the molecule is CCCC(CCCl)CNc1ccc(C(F)(F)F)nn1. The quantitative estimate of drug-likeness (QED) is 0.774. The molecule has 1 N–H and O–H groups in total. The number of hydrogen-bond acceptors (Lipinski definition) is 3. The summed E-state index contributed by atoms with van der Waals surface area (Å²) >= 11 is 5.70. The van der Waals surface area contributed by atoms with Crippen molar-refractivity contribution in [2.75, 3.05) is 17.7 Å². The van der Waals surface area contributed by atoms with E-state index in [1.807, 2.05) is 0 Å². The van der Waals surface area contributed by atoms with Crippen molar-refractivity contribution in [3.05, 3.63) is 17.8 Å². The molecule has 1 aromatic heterocycles. The van der Waals surface area contributed by atoms with Crippen molar-refractivity contribution in [1.82, 2.24) is 10.2 Å². The van der Waals surface area contributed by atoms with Crippen molar-refractivity contribution in [3.8, 4) is 0 Å². The molecule has 3 nitrogen and oxygen atoms in total. The van der Waals surface area contributed by atoms with Crippen LogP contribution < -0.4 is 5.32 Å². The van der Waals surface area contributed by atoms with Gasteiger partial charge in [-0.2, -0.15) is 13.2 Å². The highest BCUT2D eigenvalue weighted by Gasteiger charge is 2.32. The van der Waals surface area contributed by atoms with Gasteiger partial charge in [0.05, 0.1) is 0 Å². The highest BCUT2D eigenvalue weighted by molar-refractivity contribution is 6.17. The van der Waals surface area contributed by atoms with E-state index in [-0.39, 0.29) is 0 Å². The van der Waals surface area contributed by atoms with Gasteiger partial charge in [0.25, 0.3) is 0 Å². The molecule has 0 bridgehead atoms. The van der Waals surface area contributed by atoms with Gasteiger partial charge in [0.1, 0.15) is 5.82 Å². The maximum Gasteiger partial charge on any atom is 0.435 e. The number of nitrogens with one attached hydrogen (secondary N) is 1. The minimum absolute atomic E-state index is 0.351. The molecule has 0 amide bonds. The third kappa shape index (κ3) is 5.63. The van der Waals surface area contributed by atoms with Crippen LogP contribution in [-0.4, -0.2) is 22.6 Å². The third-order valence-corrected chi connectivity index (χ3v) is 2.96.